The first-order valence-corrected chi connectivity index (χ1v) is 7.08. The van der Waals surface area contributed by atoms with Crippen molar-refractivity contribution in [3.63, 3.8) is 0 Å². The Balaban J connectivity index is 2.66. The van der Waals surface area contributed by atoms with E-state index in [2.05, 4.69) is 10.6 Å². The zero-order valence-electron chi connectivity index (χ0n) is 10.7. The minimum atomic E-state index is -1.20. The van der Waals surface area contributed by atoms with Gasteiger partial charge in [-0.2, -0.15) is 11.8 Å². The highest BCUT2D eigenvalue weighted by molar-refractivity contribution is 7.98. The Labute approximate surface area is 118 Å². The van der Waals surface area contributed by atoms with Gasteiger partial charge in [0.2, 0.25) is 0 Å². The van der Waals surface area contributed by atoms with Crippen LogP contribution in [0.15, 0.2) is 18.2 Å². The van der Waals surface area contributed by atoms with Gasteiger partial charge >= 0.3 is 12.0 Å². The van der Waals surface area contributed by atoms with E-state index in [9.17, 15) is 18.4 Å². The zero-order valence-corrected chi connectivity index (χ0v) is 11.5. The molecule has 0 bridgehead atoms. The molecule has 0 saturated carbocycles. The lowest BCUT2D eigenvalue weighted by atomic mass is 10.2. The summed E-state index contributed by atoms with van der Waals surface area (Å²) >= 11 is 1.44. The van der Waals surface area contributed by atoms with Gasteiger partial charge in [0, 0.05) is 0 Å². The van der Waals surface area contributed by atoms with Crippen LogP contribution in [0.25, 0.3) is 0 Å². The lowest BCUT2D eigenvalue weighted by molar-refractivity contribution is -0.139. The summed E-state index contributed by atoms with van der Waals surface area (Å²) in [5, 5.41) is 13.2. The van der Waals surface area contributed by atoms with E-state index >= 15 is 0 Å². The van der Waals surface area contributed by atoms with Gasteiger partial charge in [-0.25, -0.2) is 18.4 Å². The van der Waals surface area contributed by atoms with Crippen LogP contribution in [0.5, 0.6) is 0 Å². The van der Waals surface area contributed by atoms with Gasteiger partial charge in [-0.1, -0.05) is 6.07 Å². The third-order valence-corrected chi connectivity index (χ3v) is 3.06. The number of carbonyl (C=O) groups is 2. The molecule has 0 radical (unpaired) electrons. The van der Waals surface area contributed by atoms with E-state index < -0.39 is 29.7 Å². The molecule has 0 aromatic heterocycles. The van der Waals surface area contributed by atoms with Gasteiger partial charge < -0.3 is 15.7 Å². The van der Waals surface area contributed by atoms with E-state index in [-0.39, 0.29) is 12.1 Å². The molecule has 1 rings (SSSR count). The monoisotopic (exact) mass is 304 g/mol. The van der Waals surface area contributed by atoms with Crippen molar-refractivity contribution in [3.8, 4) is 0 Å². The number of nitrogens with one attached hydrogen (secondary N) is 2. The largest absolute Gasteiger partial charge is 0.480 e. The molecule has 0 unspecified atom stereocenters. The summed E-state index contributed by atoms with van der Waals surface area (Å²) in [5.74, 6) is -2.93. The maximum Gasteiger partial charge on any atom is 0.326 e. The average molecular weight is 304 g/mol. The van der Waals surface area contributed by atoms with E-state index in [1.807, 2.05) is 0 Å². The smallest absolute Gasteiger partial charge is 0.326 e. The van der Waals surface area contributed by atoms with Gasteiger partial charge in [-0.15, -0.1) is 0 Å². The molecule has 0 aliphatic rings. The van der Waals surface area contributed by atoms with Gasteiger partial charge in [0.05, 0.1) is 5.69 Å². The molecule has 110 valence electrons. The number of rotatable bonds is 6. The molecule has 0 saturated heterocycles. The predicted molar refractivity (Wildman–Crippen MR) is 72.9 cm³/mol. The quantitative estimate of drug-likeness (QED) is 0.753. The van der Waals surface area contributed by atoms with Crippen LogP contribution in [-0.4, -0.2) is 35.2 Å². The Hall–Kier alpha value is -1.83. The lowest BCUT2D eigenvalue weighted by Gasteiger charge is -2.15. The van der Waals surface area contributed by atoms with Crippen LogP contribution in [0.3, 0.4) is 0 Å². The predicted octanol–water partition coefficient (Wildman–Crippen LogP) is 2.29. The van der Waals surface area contributed by atoms with Crippen LogP contribution in [0.1, 0.15) is 6.42 Å². The Morgan fingerprint density at radius 2 is 2.10 bits per heavy atom. The molecule has 1 aromatic rings. The molecule has 0 aliphatic heterocycles. The second kappa shape index (κ2) is 7.68. The van der Waals surface area contributed by atoms with E-state index in [1.165, 1.54) is 23.9 Å². The van der Waals surface area contributed by atoms with Crippen molar-refractivity contribution in [3.05, 3.63) is 29.8 Å². The number of amides is 2. The van der Waals surface area contributed by atoms with Gasteiger partial charge in [-0.05, 0) is 30.6 Å². The molecule has 5 nitrogen and oxygen atoms in total. The molecular weight excluding hydrogens is 290 g/mol. The molecule has 0 spiro atoms. The summed E-state index contributed by atoms with van der Waals surface area (Å²) < 4.78 is 26.3. The number of thioether (sulfide) groups is 1. The summed E-state index contributed by atoms with van der Waals surface area (Å²) in [6.45, 7) is 0. The van der Waals surface area contributed by atoms with E-state index in [0.717, 1.165) is 6.07 Å². The molecule has 2 amide bonds. The molecule has 0 fully saturated rings. The Morgan fingerprint density at radius 1 is 1.40 bits per heavy atom. The van der Waals surface area contributed by atoms with Crippen molar-refractivity contribution in [1.29, 1.82) is 0 Å². The van der Waals surface area contributed by atoms with Gasteiger partial charge in [-0.3, -0.25) is 0 Å². The standard InChI is InChI=1S/C12H14F2N2O3S/c1-20-6-5-9(11(17)18)16-12(19)15-8-4-2-3-7(13)10(8)14/h2-4,9H,5-6H2,1H3,(H,17,18)(H2,15,16,19)/t9-/m1/s1. The van der Waals surface area contributed by atoms with Crippen LogP contribution in [0.4, 0.5) is 19.3 Å². The molecule has 0 aliphatic carbocycles. The maximum atomic E-state index is 13.3. The first kappa shape index (κ1) is 16.2. The first-order valence-electron chi connectivity index (χ1n) is 5.69. The second-order valence-corrected chi connectivity index (χ2v) is 4.86. The first-order chi connectivity index (χ1) is 9.45. The maximum absolute atomic E-state index is 13.3. The Kier molecular flexibility index (Phi) is 6.23. The summed E-state index contributed by atoms with van der Waals surface area (Å²) in [7, 11) is 0. The number of urea groups is 1. The van der Waals surface area contributed by atoms with Crippen molar-refractivity contribution in [2.45, 2.75) is 12.5 Å². The average Bonchev–Trinajstić information content (AvgIpc) is 2.39. The highest BCUT2D eigenvalue weighted by atomic mass is 32.2. The minimum Gasteiger partial charge on any atom is -0.480 e. The topological polar surface area (TPSA) is 78.4 Å². The van der Waals surface area contributed by atoms with Gasteiger partial charge in [0.25, 0.3) is 0 Å². The molecule has 1 atom stereocenters. The fourth-order valence-corrected chi connectivity index (χ4v) is 1.88. The van der Waals surface area contributed by atoms with Crippen molar-refractivity contribution in [2.75, 3.05) is 17.3 Å². The number of carboxylic acid groups (broad SMARTS) is 1. The normalized spacial score (nSPS) is 11.8. The van der Waals surface area contributed by atoms with E-state index in [4.69, 9.17) is 5.11 Å². The fraction of sp³-hybridized carbons (Fsp3) is 0.333. The van der Waals surface area contributed by atoms with Crippen LogP contribution < -0.4 is 10.6 Å². The van der Waals surface area contributed by atoms with Crippen molar-refractivity contribution in [1.82, 2.24) is 5.32 Å². The summed E-state index contributed by atoms with van der Waals surface area (Å²) in [6, 6.07) is 1.34. The minimum absolute atomic E-state index is 0.232. The van der Waals surface area contributed by atoms with Gasteiger partial charge in [0.1, 0.15) is 6.04 Å². The summed E-state index contributed by atoms with van der Waals surface area (Å²) in [6.07, 6.45) is 2.04. The highest BCUT2D eigenvalue weighted by Gasteiger charge is 2.20. The Morgan fingerprint density at radius 3 is 2.70 bits per heavy atom. The molecule has 20 heavy (non-hydrogen) atoms. The summed E-state index contributed by atoms with van der Waals surface area (Å²) in [4.78, 5) is 22.5. The molecule has 3 N–H and O–H groups in total. The van der Waals surface area contributed by atoms with Crippen molar-refractivity contribution >= 4 is 29.4 Å². The number of anilines is 1. The van der Waals surface area contributed by atoms with Gasteiger partial charge in [0.15, 0.2) is 11.6 Å². The Bertz CT molecular complexity index is 500. The molecular formula is C12H14F2N2O3S. The second-order valence-electron chi connectivity index (χ2n) is 3.87. The molecule has 8 heteroatoms. The number of halogens is 2. The zero-order chi connectivity index (χ0) is 15.1. The molecule has 1 aromatic carbocycles. The third-order valence-electron chi connectivity index (χ3n) is 2.41. The fourth-order valence-electron chi connectivity index (χ4n) is 1.41. The van der Waals surface area contributed by atoms with Crippen molar-refractivity contribution in [2.24, 2.45) is 0 Å². The number of hydrogen-bond donors (Lipinski definition) is 3. The molecule has 0 heterocycles. The van der Waals surface area contributed by atoms with Crippen LogP contribution in [0, 0.1) is 11.6 Å². The number of carbonyl (C=O) groups excluding carboxylic acids is 1. The SMILES string of the molecule is CSCC[C@@H](NC(=O)Nc1cccc(F)c1F)C(=O)O. The lowest BCUT2D eigenvalue weighted by Crippen LogP contribution is -2.43. The van der Waals surface area contributed by atoms with Crippen LogP contribution in [-0.2, 0) is 4.79 Å². The number of benzene rings is 1. The number of hydrogen-bond acceptors (Lipinski definition) is 3. The number of aliphatic carboxylic acids is 1. The van der Waals surface area contributed by atoms with Crippen LogP contribution >= 0.6 is 11.8 Å². The van der Waals surface area contributed by atoms with Crippen molar-refractivity contribution < 1.29 is 23.5 Å². The highest BCUT2D eigenvalue weighted by Crippen LogP contribution is 2.16. The third kappa shape index (κ3) is 4.69. The van der Waals surface area contributed by atoms with Crippen LogP contribution in [0.2, 0.25) is 0 Å². The number of carboxylic acids is 1. The van der Waals surface area contributed by atoms with E-state index in [1.54, 1.807) is 6.26 Å². The summed E-state index contributed by atoms with van der Waals surface area (Å²) in [5.41, 5.74) is -0.350. The van der Waals surface area contributed by atoms with E-state index in [0.29, 0.717) is 5.75 Å².